The number of ether oxygens (including phenoxy) is 2. The molecule has 0 radical (unpaired) electrons. The number of benzene rings is 2. The van der Waals surface area contributed by atoms with E-state index in [0.717, 1.165) is 41.7 Å². The average Bonchev–Trinajstić information content (AvgIpc) is 3.12. The van der Waals surface area contributed by atoms with Crippen molar-refractivity contribution < 1.29 is 14.3 Å². The van der Waals surface area contributed by atoms with Gasteiger partial charge < -0.3 is 9.47 Å². The predicted octanol–water partition coefficient (Wildman–Crippen LogP) is 5.79. The summed E-state index contributed by atoms with van der Waals surface area (Å²) in [5.41, 5.74) is 5.86. The van der Waals surface area contributed by atoms with Gasteiger partial charge in [-0.05, 0) is 79.1 Å². The van der Waals surface area contributed by atoms with Gasteiger partial charge in [0.25, 0.3) is 0 Å². The van der Waals surface area contributed by atoms with Gasteiger partial charge in [-0.2, -0.15) is 0 Å². The first kappa shape index (κ1) is 18.7. The van der Waals surface area contributed by atoms with Crippen LogP contribution in [0.25, 0.3) is 11.1 Å². The molecule has 0 spiro atoms. The fourth-order valence-electron chi connectivity index (χ4n) is 3.18. The van der Waals surface area contributed by atoms with Crippen LogP contribution >= 0.6 is 0 Å². The fraction of sp³-hybridized carbons (Fsp3) is 0.208. The van der Waals surface area contributed by atoms with E-state index in [1.165, 1.54) is 11.1 Å². The van der Waals surface area contributed by atoms with Crippen LogP contribution in [-0.2, 0) is 17.6 Å². The summed E-state index contributed by atoms with van der Waals surface area (Å²) in [6, 6.07) is 11.6. The molecule has 0 unspecified atom stereocenters. The minimum atomic E-state index is -0.417. The van der Waals surface area contributed by atoms with E-state index in [4.69, 9.17) is 9.47 Å². The zero-order valence-corrected chi connectivity index (χ0v) is 15.9. The predicted molar refractivity (Wildman–Crippen MR) is 109 cm³/mol. The number of rotatable bonds is 6. The number of fused-ring (bicyclic) bond motifs is 1. The summed E-state index contributed by atoms with van der Waals surface area (Å²) in [4.78, 5) is 11.8. The minimum Gasteiger partial charge on any atom is -0.457 e. The zero-order chi connectivity index (χ0) is 19.6. The molecule has 0 saturated carbocycles. The summed E-state index contributed by atoms with van der Waals surface area (Å²) < 4.78 is 11.3. The summed E-state index contributed by atoms with van der Waals surface area (Å²) in [7, 11) is 0. The standard InChI is InChI=1S/C24H24O3/c1-15(2)17(5)26-23-13-12-20(21-10-7-11-22(21)23)18-8-6-9-19(14-18)27-24(25)16(3)4/h6,8-9,12-14H,1,3,5,7,10-11H2,2,4H3. The summed E-state index contributed by atoms with van der Waals surface area (Å²) in [5.74, 6) is 1.54. The first-order valence-corrected chi connectivity index (χ1v) is 9.02. The third kappa shape index (κ3) is 4.03. The van der Waals surface area contributed by atoms with Crippen molar-refractivity contribution in [3.63, 3.8) is 0 Å². The Morgan fingerprint density at radius 3 is 2.37 bits per heavy atom. The molecule has 1 aliphatic carbocycles. The van der Waals surface area contributed by atoms with Crippen molar-refractivity contribution in [1.82, 2.24) is 0 Å². The monoisotopic (exact) mass is 360 g/mol. The topological polar surface area (TPSA) is 35.5 Å². The molecule has 2 aromatic carbocycles. The van der Waals surface area contributed by atoms with Gasteiger partial charge in [0.05, 0.1) is 0 Å². The summed E-state index contributed by atoms with van der Waals surface area (Å²) >= 11 is 0. The van der Waals surface area contributed by atoms with E-state index in [-0.39, 0.29) is 0 Å². The van der Waals surface area contributed by atoms with E-state index in [1.807, 2.05) is 31.2 Å². The van der Waals surface area contributed by atoms with E-state index < -0.39 is 5.97 Å². The van der Waals surface area contributed by atoms with E-state index in [1.54, 1.807) is 13.0 Å². The molecule has 2 aromatic rings. The maximum Gasteiger partial charge on any atom is 0.338 e. The summed E-state index contributed by atoms with van der Waals surface area (Å²) in [5, 5.41) is 0. The van der Waals surface area contributed by atoms with Crippen molar-refractivity contribution in [1.29, 1.82) is 0 Å². The molecule has 0 N–H and O–H groups in total. The van der Waals surface area contributed by atoms with Gasteiger partial charge in [-0.1, -0.05) is 37.9 Å². The second kappa shape index (κ2) is 7.67. The number of hydrogen-bond donors (Lipinski definition) is 0. The molecular formula is C24H24O3. The van der Waals surface area contributed by atoms with E-state index >= 15 is 0 Å². The van der Waals surface area contributed by atoms with Gasteiger partial charge in [-0.25, -0.2) is 4.79 Å². The molecule has 0 heterocycles. The molecule has 0 atom stereocenters. The van der Waals surface area contributed by atoms with Crippen LogP contribution in [0, 0.1) is 0 Å². The molecular weight excluding hydrogens is 336 g/mol. The van der Waals surface area contributed by atoms with E-state index in [9.17, 15) is 4.79 Å². The molecule has 138 valence electrons. The van der Waals surface area contributed by atoms with Crippen molar-refractivity contribution >= 4 is 5.97 Å². The molecule has 0 bridgehead atoms. The summed E-state index contributed by atoms with van der Waals surface area (Å²) in [6.45, 7) is 15.0. The van der Waals surface area contributed by atoms with Crippen LogP contribution in [0.2, 0.25) is 0 Å². The Bertz CT molecular complexity index is 950. The summed E-state index contributed by atoms with van der Waals surface area (Å²) in [6.07, 6.45) is 3.07. The third-order valence-corrected chi connectivity index (χ3v) is 4.65. The molecule has 0 saturated heterocycles. The second-order valence-electron chi connectivity index (χ2n) is 6.93. The first-order chi connectivity index (χ1) is 12.9. The Kier molecular flexibility index (Phi) is 5.31. The fourth-order valence-corrected chi connectivity index (χ4v) is 3.18. The molecule has 3 rings (SSSR count). The lowest BCUT2D eigenvalue weighted by Crippen LogP contribution is -2.08. The minimum absolute atomic E-state index is 0.375. The highest BCUT2D eigenvalue weighted by Gasteiger charge is 2.21. The van der Waals surface area contributed by atoms with Gasteiger partial charge >= 0.3 is 5.97 Å². The van der Waals surface area contributed by atoms with Gasteiger partial charge in [-0.15, -0.1) is 0 Å². The number of carbonyl (C=O) groups excluding carboxylic acids is 1. The van der Waals surface area contributed by atoms with Gasteiger partial charge in [-0.3, -0.25) is 0 Å². The van der Waals surface area contributed by atoms with E-state index in [0.29, 0.717) is 17.1 Å². The molecule has 0 aliphatic heterocycles. The van der Waals surface area contributed by atoms with Crippen LogP contribution in [0.4, 0.5) is 0 Å². The van der Waals surface area contributed by atoms with Crippen molar-refractivity contribution in [2.45, 2.75) is 33.1 Å². The van der Waals surface area contributed by atoms with E-state index in [2.05, 4.69) is 25.8 Å². The number of carbonyl (C=O) groups is 1. The van der Waals surface area contributed by atoms with Gasteiger partial charge in [0.1, 0.15) is 17.3 Å². The second-order valence-corrected chi connectivity index (χ2v) is 6.93. The Balaban J connectivity index is 1.95. The highest BCUT2D eigenvalue weighted by Crippen LogP contribution is 2.39. The van der Waals surface area contributed by atoms with Crippen LogP contribution in [0.5, 0.6) is 11.5 Å². The molecule has 3 nitrogen and oxygen atoms in total. The van der Waals surface area contributed by atoms with Gasteiger partial charge in [0.2, 0.25) is 0 Å². The van der Waals surface area contributed by atoms with Gasteiger partial charge in [0.15, 0.2) is 0 Å². The van der Waals surface area contributed by atoms with Crippen molar-refractivity contribution in [2.24, 2.45) is 0 Å². The van der Waals surface area contributed by atoms with Crippen LogP contribution in [-0.4, -0.2) is 5.97 Å². The molecule has 3 heteroatoms. The molecule has 0 fully saturated rings. The maximum atomic E-state index is 11.8. The lowest BCUT2D eigenvalue weighted by molar-refractivity contribution is -0.130. The lowest BCUT2D eigenvalue weighted by Gasteiger charge is -2.16. The van der Waals surface area contributed by atoms with Crippen LogP contribution in [0.1, 0.15) is 31.4 Å². The first-order valence-electron chi connectivity index (χ1n) is 9.02. The van der Waals surface area contributed by atoms with Crippen LogP contribution in [0.3, 0.4) is 0 Å². The molecule has 0 amide bonds. The molecule has 1 aliphatic rings. The smallest absolute Gasteiger partial charge is 0.338 e. The lowest BCUT2D eigenvalue weighted by atomic mass is 9.96. The maximum absolute atomic E-state index is 11.8. The van der Waals surface area contributed by atoms with Crippen molar-refractivity contribution in [2.75, 3.05) is 0 Å². The Morgan fingerprint density at radius 2 is 1.67 bits per heavy atom. The zero-order valence-electron chi connectivity index (χ0n) is 15.9. The van der Waals surface area contributed by atoms with Crippen LogP contribution < -0.4 is 9.47 Å². The Morgan fingerprint density at radius 1 is 0.926 bits per heavy atom. The Labute approximate surface area is 160 Å². The third-order valence-electron chi connectivity index (χ3n) is 4.65. The largest absolute Gasteiger partial charge is 0.457 e. The molecule has 27 heavy (non-hydrogen) atoms. The van der Waals surface area contributed by atoms with Crippen LogP contribution in [0.15, 0.2) is 73.0 Å². The molecule has 0 aromatic heterocycles. The average molecular weight is 360 g/mol. The normalized spacial score (nSPS) is 12.2. The highest BCUT2D eigenvalue weighted by atomic mass is 16.5. The number of allylic oxidation sites excluding steroid dienone is 1. The quantitative estimate of drug-likeness (QED) is 0.215. The van der Waals surface area contributed by atoms with Gasteiger partial charge in [0, 0.05) is 5.57 Å². The highest BCUT2D eigenvalue weighted by molar-refractivity contribution is 5.89. The van der Waals surface area contributed by atoms with Crippen molar-refractivity contribution in [3.05, 3.63) is 84.2 Å². The number of esters is 1. The van der Waals surface area contributed by atoms with Crippen molar-refractivity contribution in [3.8, 4) is 22.6 Å². The SMILES string of the molecule is C=C(C)C(=C)Oc1ccc(-c2cccc(OC(=O)C(=C)C)c2)c2c1CCC2. The Hall–Kier alpha value is -3.07. The number of hydrogen-bond acceptors (Lipinski definition) is 3.